The van der Waals surface area contributed by atoms with Crippen LogP contribution in [0.1, 0.15) is 35.0 Å². The second-order valence-corrected chi connectivity index (χ2v) is 5.16. The quantitative estimate of drug-likeness (QED) is 0.859. The maximum atomic E-state index is 12.7. The first kappa shape index (κ1) is 14.8. The number of carbonyl (C=O) groups excluding carboxylic acids is 1. The highest BCUT2D eigenvalue weighted by atomic mass is 19.4. The summed E-state index contributed by atoms with van der Waals surface area (Å²) in [5, 5.41) is 0. The number of pyridine rings is 1. The number of amides is 1. The molecule has 2 rings (SSSR count). The number of carbonyl (C=O) groups is 1. The maximum absolute atomic E-state index is 12.7. The Balaban J connectivity index is 2.35. The third kappa shape index (κ3) is 2.77. The number of nitrogens with zero attached hydrogens (tertiary/aromatic N) is 2. The van der Waals surface area contributed by atoms with Gasteiger partial charge in [-0.05, 0) is 26.3 Å². The van der Waals surface area contributed by atoms with E-state index in [1.807, 2.05) is 6.92 Å². The summed E-state index contributed by atoms with van der Waals surface area (Å²) in [6.07, 6.45) is -3.12. The molecule has 1 fully saturated rings. The summed E-state index contributed by atoms with van der Waals surface area (Å²) in [7, 11) is 0. The molecular weight excluding hydrogens is 271 g/mol. The lowest BCUT2D eigenvalue weighted by Gasteiger charge is -2.22. The molecule has 0 aliphatic carbocycles. The first-order valence-corrected chi connectivity index (χ1v) is 6.30. The topological polar surface area (TPSA) is 59.2 Å². The average molecular weight is 287 g/mol. The summed E-state index contributed by atoms with van der Waals surface area (Å²) in [4.78, 5) is 17.6. The van der Waals surface area contributed by atoms with E-state index >= 15 is 0 Å². The van der Waals surface area contributed by atoms with Crippen molar-refractivity contribution in [3.05, 3.63) is 29.1 Å². The highest BCUT2D eigenvalue weighted by Gasteiger charge is 2.35. The van der Waals surface area contributed by atoms with Crippen LogP contribution < -0.4 is 5.73 Å². The predicted octanol–water partition coefficient (Wildman–Crippen LogP) is 1.97. The Morgan fingerprint density at radius 1 is 1.50 bits per heavy atom. The Labute approximate surface area is 114 Å². The first-order chi connectivity index (χ1) is 9.20. The summed E-state index contributed by atoms with van der Waals surface area (Å²) >= 11 is 0. The molecule has 0 saturated carbocycles. The highest BCUT2D eigenvalue weighted by Crippen LogP contribution is 2.30. The molecule has 1 saturated heterocycles. The van der Waals surface area contributed by atoms with Crippen LogP contribution in [0, 0.1) is 6.92 Å². The van der Waals surface area contributed by atoms with Gasteiger partial charge in [0.1, 0.15) is 0 Å². The number of halogens is 3. The molecule has 1 aliphatic rings. The number of likely N-dealkylation sites (tertiary alicyclic amines) is 1. The standard InChI is InChI=1S/C13H16F3N3O/c1-7-3-10(17)6-19(7)12(20)11-4-9(13(14,15)16)5-18-8(11)2/h4-5,7,10H,3,6,17H2,1-2H3. The fourth-order valence-corrected chi connectivity index (χ4v) is 2.41. The monoisotopic (exact) mass is 287 g/mol. The van der Waals surface area contributed by atoms with Crippen LogP contribution in [0.15, 0.2) is 12.3 Å². The molecule has 0 aromatic carbocycles. The number of alkyl halides is 3. The van der Waals surface area contributed by atoms with Crippen LogP contribution >= 0.6 is 0 Å². The smallest absolute Gasteiger partial charge is 0.334 e. The molecule has 1 aromatic heterocycles. The van der Waals surface area contributed by atoms with Crippen molar-refractivity contribution >= 4 is 5.91 Å². The number of hydrogen-bond donors (Lipinski definition) is 1. The number of nitrogens with two attached hydrogens (primary N) is 1. The van der Waals surface area contributed by atoms with E-state index in [0.717, 1.165) is 12.3 Å². The molecule has 1 amide bonds. The summed E-state index contributed by atoms with van der Waals surface area (Å²) in [5.41, 5.74) is 5.14. The lowest BCUT2D eigenvalue weighted by molar-refractivity contribution is -0.137. The third-order valence-corrected chi connectivity index (χ3v) is 3.51. The van der Waals surface area contributed by atoms with Gasteiger partial charge in [0.25, 0.3) is 5.91 Å². The molecule has 0 radical (unpaired) electrons. The van der Waals surface area contributed by atoms with Gasteiger partial charge < -0.3 is 10.6 Å². The van der Waals surface area contributed by atoms with E-state index in [1.165, 1.54) is 11.8 Å². The Morgan fingerprint density at radius 3 is 2.65 bits per heavy atom. The van der Waals surface area contributed by atoms with E-state index in [1.54, 1.807) is 0 Å². The molecule has 7 heteroatoms. The van der Waals surface area contributed by atoms with Gasteiger partial charge in [-0.25, -0.2) is 0 Å². The molecule has 2 heterocycles. The van der Waals surface area contributed by atoms with Crippen molar-refractivity contribution in [2.24, 2.45) is 5.73 Å². The highest BCUT2D eigenvalue weighted by molar-refractivity contribution is 5.95. The van der Waals surface area contributed by atoms with E-state index in [2.05, 4.69) is 4.98 Å². The van der Waals surface area contributed by atoms with Crippen molar-refractivity contribution in [1.82, 2.24) is 9.88 Å². The number of hydrogen-bond acceptors (Lipinski definition) is 3. The lowest BCUT2D eigenvalue weighted by atomic mass is 10.1. The van der Waals surface area contributed by atoms with Crippen LogP contribution in [-0.2, 0) is 6.18 Å². The largest absolute Gasteiger partial charge is 0.417 e. The normalized spacial score (nSPS) is 23.2. The second-order valence-electron chi connectivity index (χ2n) is 5.16. The number of aromatic nitrogens is 1. The van der Waals surface area contributed by atoms with Crippen LogP contribution in [0.4, 0.5) is 13.2 Å². The molecule has 0 spiro atoms. The van der Waals surface area contributed by atoms with Gasteiger partial charge in [-0.2, -0.15) is 13.2 Å². The van der Waals surface area contributed by atoms with Crippen molar-refractivity contribution in [2.75, 3.05) is 6.54 Å². The second kappa shape index (κ2) is 5.05. The van der Waals surface area contributed by atoms with Gasteiger partial charge in [0.05, 0.1) is 16.8 Å². The zero-order valence-corrected chi connectivity index (χ0v) is 11.2. The maximum Gasteiger partial charge on any atom is 0.417 e. The van der Waals surface area contributed by atoms with E-state index in [4.69, 9.17) is 5.73 Å². The zero-order chi connectivity index (χ0) is 15.1. The van der Waals surface area contributed by atoms with Crippen molar-refractivity contribution in [3.8, 4) is 0 Å². The van der Waals surface area contributed by atoms with Gasteiger partial charge in [0, 0.05) is 24.8 Å². The molecular formula is C13H16F3N3O. The van der Waals surface area contributed by atoms with Crippen molar-refractivity contribution in [2.45, 2.75) is 38.5 Å². The lowest BCUT2D eigenvalue weighted by Crippen LogP contribution is -2.36. The van der Waals surface area contributed by atoms with E-state index in [9.17, 15) is 18.0 Å². The van der Waals surface area contributed by atoms with E-state index in [0.29, 0.717) is 13.0 Å². The molecule has 1 aromatic rings. The molecule has 2 N–H and O–H groups in total. The molecule has 4 nitrogen and oxygen atoms in total. The van der Waals surface area contributed by atoms with Gasteiger partial charge in [0.15, 0.2) is 0 Å². The summed E-state index contributed by atoms with van der Waals surface area (Å²) in [6.45, 7) is 3.71. The van der Waals surface area contributed by atoms with Gasteiger partial charge in [-0.15, -0.1) is 0 Å². The number of rotatable bonds is 1. The Morgan fingerprint density at radius 2 is 2.15 bits per heavy atom. The van der Waals surface area contributed by atoms with Crippen molar-refractivity contribution < 1.29 is 18.0 Å². The van der Waals surface area contributed by atoms with Crippen LogP contribution in [-0.4, -0.2) is 34.4 Å². The van der Waals surface area contributed by atoms with E-state index < -0.39 is 17.6 Å². The fraction of sp³-hybridized carbons (Fsp3) is 0.538. The molecule has 110 valence electrons. The predicted molar refractivity (Wildman–Crippen MR) is 67.1 cm³/mol. The fourth-order valence-electron chi connectivity index (χ4n) is 2.41. The summed E-state index contributed by atoms with van der Waals surface area (Å²) in [5.74, 6) is -0.443. The Kier molecular flexibility index (Phi) is 3.73. The first-order valence-electron chi connectivity index (χ1n) is 6.30. The molecule has 1 aliphatic heterocycles. The van der Waals surface area contributed by atoms with Crippen molar-refractivity contribution in [3.63, 3.8) is 0 Å². The average Bonchev–Trinajstić information content (AvgIpc) is 2.66. The van der Waals surface area contributed by atoms with E-state index in [-0.39, 0.29) is 23.3 Å². The molecule has 20 heavy (non-hydrogen) atoms. The van der Waals surface area contributed by atoms with Gasteiger partial charge in [0.2, 0.25) is 0 Å². The van der Waals surface area contributed by atoms with Crippen LogP contribution in [0.5, 0.6) is 0 Å². The number of aryl methyl sites for hydroxylation is 1. The minimum atomic E-state index is -4.51. The van der Waals surface area contributed by atoms with Crippen LogP contribution in [0.3, 0.4) is 0 Å². The SMILES string of the molecule is Cc1ncc(C(F)(F)F)cc1C(=O)N1CC(N)CC1C. The minimum Gasteiger partial charge on any atom is -0.334 e. The zero-order valence-electron chi connectivity index (χ0n) is 11.2. The van der Waals surface area contributed by atoms with Gasteiger partial charge in [-0.1, -0.05) is 0 Å². The molecule has 0 bridgehead atoms. The Hall–Kier alpha value is -1.63. The summed E-state index contributed by atoms with van der Waals surface area (Å²) in [6, 6.07) is 0.653. The van der Waals surface area contributed by atoms with Gasteiger partial charge in [-0.3, -0.25) is 9.78 Å². The van der Waals surface area contributed by atoms with Gasteiger partial charge >= 0.3 is 6.18 Å². The minimum absolute atomic E-state index is 0.0132. The molecule has 2 atom stereocenters. The van der Waals surface area contributed by atoms with Crippen LogP contribution in [0.25, 0.3) is 0 Å². The van der Waals surface area contributed by atoms with Crippen LogP contribution in [0.2, 0.25) is 0 Å². The molecule has 2 unspecified atom stereocenters. The Bertz CT molecular complexity index is 530. The van der Waals surface area contributed by atoms with Crippen molar-refractivity contribution in [1.29, 1.82) is 0 Å². The summed E-state index contributed by atoms with van der Waals surface area (Å²) < 4.78 is 38.1. The third-order valence-electron chi connectivity index (χ3n) is 3.51.